The number of piperidine rings is 1. The van der Waals surface area contributed by atoms with E-state index in [0.717, 1.165) is 61.5 Å². The van der Waals surface area contributed by atoms with E-state index in [0.29, 0.717) is 16.0 Å². The zero-order valence-electron chi connectivity index (χ0n) is 19.4. The van der Waals surface area contributed by atoms with E-state index in [1.165, 1.54) is 22.3 Å². The molecule has 1 aliphatic carbocycles. The number of allylic oxidation sites excluding steroid dienone is 1. The summed E-state index contributed by atoms with van der Waals surface area (Å²) in [5.74, 6) is 0.304. The first-order valence-corrected chi connectivity index (χ1v) is 12.5. The first-order valence-electron chi connectivity index (χ1n) is 11.6. The second-order valence-electron chi connectivity index (χ2n) is 9.39. The van der Waals surface area contributed by atoms with Crippen LogP contribution in [0.1, 0.15) is 40.0 Å². The molecule has 0 bridgehead atoms. The third kappa shape index (κ3) is 5.14. The van der Waals surface area contributed by atoms with Crippen molar-refractivity contribution in [3.63, 3.8) is 0 Å². The molecule has 0 saturated carbocycles. The molecule has 1 aromatic carbocycles. The minimum atomic E-state index is -4.25. The Balaban J connectivity index is 1.24. The maximum absolute atomic E-state index is 12.9. The van der Waals surface area contributed by atoms with Gasteiger partial charge in [-0.3, -0.25) is 4.90 Å². The minimum Gasteiger partial charge on any atom is -0.384 e. The molecule has 3 aromatic rings. The number of nitrogen functional groups attached to an aromatic ring is 1. The Bertz CT molecular complexity index is 1340. The molecule has 35 heavy (non-hydrogen) atoms. The number of rotatable bonds is 5. The molecule has 0 spiro atoms. The molecule has 0 amide bonds. The van der Waals surface area contributed by atoms with Crippen LogP contribution in [-0.4, -0.2) is 35.2 Å². The highest BCUT2D eigenvalue weighted by molar-refractivity contribution is 7.18. The van der Waals surface area contributed by atoms with E-state index in [2.05, 4.69) is 40.3 Å². The topological polar surface area (TPSA) is 78.0 Å². The summed E-state index contributed by atoms with van der Waals surface area (Å²) >= 11 is 1.05. The maximum Gasteiger partial charge on any atom is 0.393 e. The molecule has 182 valence electrons. The summed E-state index contributed by atoms with van der Waals surface area (Å²) in [6.07, 6.45) is -0.633. The van der Waals surface area contributed by atoms with Crippen LogP contribution in [0.5, 0.6) is 0 Å². The Morgan fingerprint density at radius 1 is 1.26 bits per heavy atom. The summed E-state index contributed by atoms with van der Waals surface area (Å²) in [4.78, 5) is 7.44. The van der Waals surface area contributed by atoms with Crippen LogP contribution >= 0.6 is 11.3 Å². The third-order valence-electron chi connectivity index (χ3n) is 6.85. The van der Waals surface area contributed by atoms with Gasteiger partial charge in [-0.05, 0) is 54.2 Å². The van der Waals surface area contributed by atoms with Gasteiger partial charge in [0.25, 0.3) is 0 Å². The Morgan fingerprint density at radius 3 is 2.74 bits per heavy atom. The van der Waals surface area contributed by atoms with Gasteiger partial charge in [0.1, 0.15) is 10.6 Å². The highest BCUT2D eigenvalue weighted by Crippen LogP contribution is 2.36. The van der Waals surface area contributed by atoms with Crippen LogP contribution in [0.4, 0.5) is 24.7 Å². The van der Waals surface area contributed by atoms with Gasteiger partial charge in [0.15, 0.2) is 0 Å². The average Bonchev–Trinajstić information content (AvgIpc) is 3.39. The molecule has 3 N–H and O–H groups in total. The summed E-state index contributed by atoms with van der Waals surface area (Å²) in [5.41, 5.74) is 12.5. The summed E-state index contributed by atoms with van der Waals surface area (Å²) in [7, 11) is 0. The number of nitriles is 1. The van der Waals surface area contributed by atoms with E-state index in [9.17, 15) is 18.4 Å². The molecule has 2 aliphatic rings. The van der Waals surface area contributed by atoms with Crippen LogP contribution < -0.4 is 11.1 Å². The molecule has 0 radical (unpaired) electrons. The van der Waals surface area contributed by atoms with Crippen LogP contribution in [-0.2, 0) is 19.4 Å². The Morgan fingerprint density at radius 2 is 2.03 bits per heavy atom. The van der Waals surface area contributed by atoms with Crippen molar-refractivity contribution in [1.29, 1.82) is 5.26 Å². The molecule has 1 saturated heterocycles. The van der Waals surface area contributed by atoms with Crippen molar-refractivity contribution in [3.8, 4) is 6.07 Å². The van der Waals surface area contributed by atoms with Crippen LogP contribution in [0.15, 0.2) is 29.8 Å². The van der Waals surface area contributed by atoms with Gasteiger partial charge in [-0.15, -0.1) is 11.3 Å². The Hall–Kier alpha value is -3.09. The maximum atomic E-state index is 12.9. The van der Waals surface area contributed by atoms with E-state index in [1.807, 2.05) is 6.08 Å². The highest BCUT2D eigenvalue weighted by Gasteiger charge is 2.29. The number of anilines is 2. The van der Waals surface area contributed by atoms with Crippen LogP contribution in [0.2, 0.25) is 0 Å². The van der Waals surface area contributed by atoms with E-state index >= 15 is 0 Å². The zero-order valence-corrected chi connectivity index (χ0v) is 20.2. The third-order valence-corrected chi connectivity index (χ3v) is 7.88. The molecule has 3 heterocycles. The quantitative estimate of drug-likeness (QED) is 0.464. The Kier molecular flexibility index (Phi) is 6.20. The molecule has 9 heteroatoms. The second kappa shape index (κ2) is 9.17. The number of hydrogen-bond donors (Lipinski definition) is 2. The molecule has 2 aromatic heterocycles. The molecule has 5 nitrogen and oxygen atoms in total. The van der Waals surface area contributed by atoms with Crippen molar-refractivity contribution >= 4 is 39.1 Å². The highest BCUT2D eigenvalue weighted by atomic mass is 32.1. The lowest BCUT2D eigenvalue weighted by Gasteiger charge is -2.33. The fourth-order valence-electron chi connectivity index (χ4n) is 5.04. The number of hydrogen-bond acceptors (Lipinski definition) is 6. The van der Waals surface area contributed by atoms with Crippen molar-refractivity contribution in [2.75, 3.05) is 24.1 Å². The van der Waals surface area contributed by atoms with Crippen LogP contribution in [0.25, 0.3) is 16.3 Å². The second-order valence-corrected chi connectivity index (χ2v) is 10.5. The van der Waals surface area contributed by atoms with Crippen molar-refractivity contribution < 1.29 is 13.2 Å². The van der Waals surface area contributed by atoms with Gasteiger partial charge in [0.2, 0.25) is 0 Å². The molecule has 1 aliphatic heterocycles. The zero-order chi connectivity index (χ0) is 24.7. The van der Waals surface area contributed by atoms with Crippen molar-refractivity contribution in [2.24, 2.45) is 0 Å². The number of nitrogens with two attached hydrogens (primary N) is 1. The fraction of sp³-hybridized carbons (Fsp3) is 0.385. The van der Waals surface area contributed by atoms with Gasteiger partial charge < -0.3 is 11.1 Å². The predicted octanol–water partition coefficient (Wildman–Crippen LogP) is 5.83. The smallest absolute Gasteiger partial charge is 0.384 e. The number of pyridine rings is 1. The van der Waals surface area contributed by atoms with E-state index in [4.69, 9.17) is 5.73 Å². The van der Waals surface area contributed by atoms with Gasteiger partial charge in [0, 0.05) is 59.7 Å². The summed E-state index contributed by atoms with van der Waals surface area (Å²) in [5, 5.41) is 13.4. The largest absolute Gasteiger partial charge is 0.393 e. The first-order chi connectivity index (χ1) is 16.7. The number of benzene rings is 1. The van der Waals surface area contributed by atoms with E-state index < -0.39 is 12.6 Å². The van der Waals surface area contributed by atoms with E-state index in [-0.39, 0.29) is 10.9 Å². The van der Waals surface area contributed by atoms with E-state index in [1.54, 1.807) is 12.1 Å². The van der Waals surface area contributed by atoms with Crippen LogP contribution in [0.3, 0.4) is 0 Å². The van der Waals surface area contributed by atoms with Crippen molar-refractivity contribution in [3.05, 3.63) is 57.0 Å². The standard InChI is InChI=1S/C26H26F3N5S/c1-15-18(3-2-17-8-16(13-30)9-21(15)17)14-34-6-4-19(5-7-34)32-23-11-24(31)33-25-22(23)10-20(35-25)12-26(27,28)29/h2-3,9-11,19H,4-8,12,14H2,1H3,(H3,31,32,33). The molecule has 1 fully saturated rings. The normalized spacial score (nSPS) is 16.8. The van der Waals surface area contributed by atoms with Crippen molar-refractivity contribution in [2.45, 2.75) is 51.4 Å². The molecule has 5 rings (SSSR count). The lowest BCUT2D eigenvalue weighted by molar-refractivity contribution is -0.126. The minimum absolute atomic E-state index is 0.212. The number of aromatic nitrogens is 1. The molecule has 0 atom stereocenters. The van der Waals surface area contributed by atoms with Gasteiger partial charge in [-0.25, -0.2) is 4.98 Å². The number of nitrogens with one attached hydrogen (secondary N) is 1. The fourth-order valence-corrected chi connectivity index (χ4v) is 6.13. The lowest BCUT2D eigenvalue weighted by atomic mass is 9.97. The molecular formula is C26H26F3N5S. The monoisotopic (exact) mass is 497 g/mol. The van der Waals surface area contributed by atoms with Gasteiger partial charge >= 0.3 is 6.18 Å². The number of alkyl halides is 3. The number of thiophene rings is 1. The van der Waals surface area contributed by atoms with Gasteiger partial charge in [-0.1, -0.05) is 12.1 Å². The van der Waals surface area contributed by atoms with Gasteiger partial charge in [-0.2, -0.15) is 18.4 Å². The number of likely N-dealkylation sites (tertiary alicyclic amines) is 1. The first kappa shape index (κ1) is 23.6. The Labute approximate surface area is 206 Å². The SMILES string of the molecule is Cc1c(CN2CCC(Nc3cc(N)nc4sc(CC(F)(F)F)cc34)CC2)ccc2c1C=C(C#N)C2. The summed E-state index contributed by atoms with van der Waals surface area (Å²) < 4.78 is 38.6. The predicted molar refractivity (Wildman–Crippen MR) is 134 cm³/mol. The summed E-state index contributed by atoms with van der Waals surface area (Å²) in [6, 6.07) is 10.1. The number of fused-ring (bicyclic) bond motifs is 2. The lowest BCUT2D eigenvalue weighted by Crippen LogP contribution is -2.38. The van der Waals surface area contributed by atoms with Crippen LogP contribution in [0, 0.1) is 18.3 Å². The van der Waals surface area contributed by atoms with Crippen molar-refractivity contribution in [1.82, 2.24) is 9.88 Å². The number of nitrogens with zero attached hydrogens (tertiary/aromatic N) is 3. The average molecular weight is 498 g/mol. The molecular weight excluding hydrogens is 471 g/mol. The van der Waals surface area contributed by atoms with Gasteiger partial charge in [0.05, 0.1) is 12.5 Å². The summed E-state index contributed by atoms with van der Waals surface area (Å²) in [6.45, 7) is 4.83. The number of halogens is 3. The molecule has 0 unspecified atom stereocenters.